The van der Waals surface area contributed by atoms with E-state index in [1.54, 1.807) is 0 Å². The van der Waals surface area contributed by atoms with E-state index in [0.717, 1.165) is 12.8 Å². The molecule has 21 heavy (non-hydrogen) atoms. The number of fused-ring (bicyclic) bond motifs is 2. The zero-order chi connectivity index (χ0) is 15.0. The number of rotatable bonds is 4. The van der Waals surface area contributed by atoms with Crippen molar-refractivity contribution < 1.29 is 19.4 Å². The van der Waals surface area contributed by atoms with Crippen molar-refractivity contribution in [3.05, 3.63) is 0 Å². The number of nitrogens with zero attached hydrogens (tertiary/aromatic N) is 1. The van der Waals surface area contributed by atoms with Gasteiger partial charge in [-0.05, 0) is 51.5 Å². The van der Waals surface area contributed by atoms with E-state index >= 15 is 0 Å². The molecule has 4 unspecified atom stereocenters. The normalized spacial score (nSPS) is 39.4. The number of carboxylic acid groups (broad SMARTS) is 1. The van der Waals surface area contributed by atoms with Gasteiger partial charge in [-0.1, -0.05) is 0 Å². The molecular formula is C15H24N2O4. The molecule has 118 valence electrons. The Labute approximate surface area is 124 Å². The first kappa shape index (κ1) is 14.8. The van der Waals surface area contributed by atoms with Gasteiger partial charge in [0, 0.05) is 18.6 Å². The Morgan fingerprint density at radius 3 is 2.33 bits per heavy atom. The highest BCUT2D eigenvalue weighted by atomic mass is 16.5. The van der Waals surface area contributed by atoms with Crippen LogP contribution >= 0.6 is 0 Å². The Morgan fingerprint density at radius 2 is 1.76 bits per heavy atom. The molecule has 6 heteroatoms. The number of nitrogens with one attached hydrogen (secondary N) is 1. The van der Waals surface area contributed by atoms with Gasteiger partial charge in [-0.2, -0.15) is 0 Å². The Morgan fingerprint density at radius 1 is 1.14 bits per heavy atom. The van der Waals surface area contributed by atoms with Gasteiger partial charge in [0.1, 0.15) is 6.10 Å². The molecule has 0 saturated carbocycles. The molecule has 0 radical (unpaired) electrons. The van der Waals surface area contributed by atoms with Gasteiger partial charge < -0.3 is 20.1 Å². The van der Waals surface area contributed by atoms with Crippen LogP contribution in [-0.4, -0.2) is 59.8 Å². The SMILES string of the molecule is CN1C2CCC1CC(CNC(=O)C1CCC(C(=O)O)O1)C2. The first-order chi connectivity index (χ1) is 10.0. The van der Waals surface area contributed by atoms with Crippen LogP contribution in [0.25, 0.3) is 0 Å². The average molecular weight is 296 g/mol. The number of hydrogen-bond donors (Lipinski definition) is 2. The number of piperidine rings is 1. The zero-order valence-electron chi connectivity index (χ0n) is 12.5. The summed E-state index contributed by atoms with van der Waals surface area (Å²) in [5.41, 5.74) is 0. The number of amides is 1. The van der Waals surface area contributed by atoms with E-state index in [9.17, 15) is 9.59 Å². The van der Waals surface area contributed by atoms with Gasteiger partial charge in [-0.15, -0.1) is 0 Å². The van der Waals surface area contributed by atoms with E-state index in [1.165, 1.54) is 12.8 Å². The summed E-state index contributed by atoms with van der Waals surface area (Å²) in [7, 11) is 2.20. The molecule has 3 heterocycles. The van der Waals surface area contributed by atoms with Crippen LogP contribution in [-0.2, 0) is 14.3 Å². The molecule has 0 aromatic heterocycles. The van der Waals surface area contributed by atoms with Crippen LogP contribution in [0.3, 0.4) is 0 Å². The lowest BCUT2D eigenvalue weighted by Gasteiger charge is -2.36. The molecular weight excluding hydrogens is 272 g/mol. The smallest absolute Gasteiger partial charge is 0.332 e. The molecule has 0 aromatic rings. The van der Waals surface area contributed by atoms with E-state index in [1.807, 2.05) is 0 Å². The van der Waals surface area contributed by atoms with Crippen molar-refractivity contribution in [2.75, 3.05) is 13.6 Å². The molecule has 1 amide bonds. The summed E-state index contributed by atoms with van der Waals surface area (Å²) in [6.07, 6.45) is 4.37. The second-order valence-electron chi connectivity index (χ2n) is 6.66. The van der Waals surface area contributed by atoms with Gasteiger partial charge in [0.05, 0.1) is 0 Å². The Bertz CT molecular complexity index is 414. The molecule has 0 aliphatic carbocycles. The predicted molar refractivity (Wildman–Crippen MR) is 75.8 cm³/mol. The highest BCUT2D eigenvalue weighted by molar-refractivity contribution is 5.82. The number of ether oxygens (including phenoxy) is 1. The van der Waals surface area contributed by atoms with E-state index < -0.39 is 18.2 Å². The molecule has 4 atom stereocenters. The van der Waals surface area contributed by atoms with E-state index in [-0.39, 0.29) is 5.91 Å². The molecule has 2 N–H and O–H groups in total. The number of carbonyl (C=O) groups is 2. The van der Waals surface area contributed by atoms with Crippen molar-refractivity contribution in [2.24, 2.45) is 5.92 Å². The first-order valence-electron chi connectivity index (χ1n) is 7.92. The minimum absolute atomic E-state index is 0.148. The fraction of sp³-hybridized carbons (Fsp3) is 0.867. The van der Waals surface area contributed by atoms with E-state index in [4.69, 9.17) is 9.84 Å². The maximum absolute atomic E-state index is 12.1. The Balaban J connectivity index is 1.44. The summed E-state index contributed by atoms with van der Waals surface area (Å²) in [5, 5.41) is 11.8. The maximum Gasteiger partial charge on any atom is 0.332 e. The molecule has 0 aromatic carbocycles. The predicted octanol–water partition coefficient (Wildman–Crippen LogP) is 0.608. The van der Waals surface area contributed by atoms with Crippen molar-refractivity contribution in [1.29, 1.82) is 0 Å². The summed E-state index contributed by atoms with van der Waals surface area (Å²) in [5.74, 6) is -0.582. The number of carbonyl (C=O) groups excluding carboxylic acids is 1. The van der Waals surface area contributed by atoms with E-state index in [0.29, 0.717) is 37.4 Å². The van der Waals surface area contributed by atoms with Crippen LogP contribution in [0, 0.1) is 5.92 Å². The molecule has 3 rings (SSSR count). The summed E-state index contributed by atoms with van der Waals surface area (Å²) in [6.45, 7) is 0.692. The number of hydrogen-bond acceptors (Lipinski definition) is 4. The van der Waals surface area contributed by atoms with Crippen LogP contribution in [0.5, 0.6) is 0 Å². The summed E-state index contributed by atoms with van der Waals surface area (Å²) < 4.78 is 5.28. The minimum Gasteiger partial charge on any atom is -0.479 e. The lowest BCUT2D eigenvalue weighted by atomic mass is 9.91. The Hall–Kier alpha value is -1.14. The van der Waals surface area contributed by atoms with Gasteiger partial charge in [0.25, 0.3) is 0 Å². The van der Waals surface area contributed by atoms with Crippen LogP contribution in [0.15, 0.2) is 0 Å². The average Bonchev–Trinajstić information content (AvgIpc) is 3.00. The molecule has 6 nitrogen and oxygen atoms in total. The molecule has 2 bridgehead atoms. The lowest BCUT2D eigenvalue weighted by Crippen LogP contribution is -2.44. The fourth-order valence-corrected chi connectivity index (χ4v) is 4.06. The van der Waals surface area contributed by atoms with Gasteiger partial charge in [-0.25, -0.2) is 4.79 Å². The Kier molecular flexibility index (Phi) is 4.17. The molecule has 3 aliphatic rings. The van der Waals surface area contributed by atoms with Crippen LogP contribution in [0.1, 0.15) is 38.5 Å². The van der Waals surface area contributed by atoms with Gasteiger partial charge in [-0.3, -0.25) is 4.79 Å². The zero-order valence-corrected chi connectivity index (χ0v) is 12.5. The standard InChI is InChI=1S/C15H24N2O4/c1-17-10-2-3-11(17)7-9(6-10)8-16-14(18)12-4-5-13(21-12)15(19)20/h9-13H,2-8H2,1H3,(H,16,18)(H,19,20). The van der Waals surface area contributed by atoms with Gasteiger partial charge in [0.2, 0.25) is 5.91 Å². The third-order valence-electron chi connectivity index (χ3n) is 5.35. The van der Waals surface area contributed by atoms with Crippen molar-refractivity contribution in [3.63, 3.8) is 0 Å². The summed E-state index contributed by atoms with van der Waals surface area (Å²) in [4.78, 5) is 25.4. The monoisotopic (exact) mass is 296 g/mol. The topological polar surface area (TPSA) is 78.9 Å². The highest BCUT2D eigenvalue weighted by Crippen LogP contribution is 2.37. The maximum atomic E-state index is 12.1. The molecule has 3 saturated heterocycles. The lowest BCUT2D eigenvalue weighted by molar-refractivity contribution is -0.151. The third kappa shape index (κ3) is 3.06. The second kappa shape index (κ2) is 5.93. The molecule has 3 aliphatic heterocycles. The van der Waals surface area contributed by atoms with Gasteiger partial charge >= 0.3 is 5.97 Å². The molecule has 3 fully saturated rings. The van der Waals surface area contributed by atoms with Crippen LogP contribution < -0.4 is 5.32 Å². The highest BCUT2D eigenvalue weighted by Gasteiger charge is 2.39. The number of aliphatic carboxylic acids is 1. The van der Waals surface area contributed by atoms with Crippen LogP contribution in [0.4, 0.5) is 0 Å². The summed E-state index contributed by atoms with van der Waals surface area (Å²) >= 11 is 0. The quantitative estimate of drug-likeness (QED) is 0.794. The van der Waals surface area contributed by atoms with Crippen LogP contribution in [0.2, 0.25) is 0 Å². The fourth-order valence-electron chi connectivity index (χ4n) is 4.06. The minimum atomic E-state index is -0.975. The van der Waals surface area contributed by atoms with Crippen molar-refractivity contribution in [3.8, 4) is 0 Å². The summed E-state index contributed by atoms with van der Waals surface area (Å²) in [6, 6.07) is 1.34. The van der Waals surface area contributed by atoms with Crippen molar-refractivity contribution in [2.45, 2.75) is 62.8 Å². The largest absolute Gasteiger partial charge is 0.479 e. The first-order valence-corrected chi connectivity index (χ1v) is 7.92. The van der Waals surface area contributed by atoms with E-state index in [2.05, 4.69) is 17.3 Å². The second-order valence-corrected chi connectivity index (χ2v) is 6.66. The van der Waals surface area contributed by atoms with Crippen molar-refractivity contribution >= 4 is 11.9 Å². The number of carboxylic acids is 1. The van der Waals surface area contributed by atoms with Gasteiger partial charge in [0.15, 0.2) is 6.10 Å². The molecule has 0 spiro atoms. The van der Waals surface area contributed by atoms with Crippen molar-refractivity contribution in [1.82, 2.24) is 10.2 Å². The third-order valence-corrected chi connectivity index (χ3v) is 5.35.